The number of likely N-dealkylation sites (tertiary alicyclic amines) is 1. The van der Waals surface area contributed by atoms with E-state index in [0.29, 0.717) is 30.8 Å². The Bertz CT molecular complexity index is 1060. The molecule has 4 saturated carbocycles. The van der Waals surface area contributed by atoms with Gasteiger partial charge in [-0.05, 0) is 80.9 Å². The van der Waals surface area contributed by atoms with Crippen LogP contribution in [0.3, 0.4) is 0 Å². The van der Waals surface area contributed by atoms with Gasteiger partial charge < -0.3 is 19.7 Å². The maximum Gasteiger partial charge on any atom is 0.410 e. The molecule has 4 bridgehead atoms. The van der Waals surface area contributed by atoms with Crippen LogP contribution in [0.15, 0.2) is 23.0 Å². The number of imidazole rings is 1. The molecule has 5 aliphatic rings. The third kappa shape index (κ3) is 2.82. The van der Waals surface area contributed by atoms with Crippen molar-refractivity contribution in [3.8, 4) is 0 Å². The van der Waals surface area contributed by atoms with E-state index in [1.54, 1.807) is 9.47 Å². The number of rotatable bonds is 2. The topological polar surface area (TPSA) is 87.6 Å². The Balaban J connectivity index is 1.17. The molecule has 160 valence electrons. The van der Waals surface area contributed by atoms with Crippen LogP contribution in [0.5, 0.6) is 0 Å². The van der Waals surface area contributed by atoms with E-state index >= 15 is 0 Å². The minimum absolute atomic E-state index is 0.0410. The summed E-state index contributed by atoms with van der Waals surface area (Å²) in [6.07, 6.45) is 5.03. The Morgan fingerprint density at radius 1 is 1.23 bits per heavy atom. The van der Waals surface area contributed by atoms with Crippen molar-refractivity contribution in [3.63, 3.8) is 0 Å². The highest BCUT2D eigenvalue weighted by atomic mass is 16.6. The van der Waals surface area contributed by atoms with E-state index in [-0.39, 0.29) is 23.9 Å². The third-order valence-electron chi connectivity index (χ3n) is 8.05. The summed E-state index contributed by atoms with van der Waals surface area (Å²) in [7, 11) is 0. The fraction of sp³-hybridized carbons (Fsp3) is 0.652. The molecule has 2 heterocycles. The number of hydrogen-bond acceptors (Lipinski definition) is 4. The highest BCUT2D eigenvalue weighted by Crippen LogP contribution is 2.56. The summed E-state index contributed by atoms with van der Waals surface area (Å²) in [5.41, 5.74) is 2.19. The number of aliphatic hydroxyl groups is 1. The van der Waals surface area contributed by atoms with E-state index in [4.69, 9.17) is 4.74 Å². The average molecular weight is 412 g/mol. The predicted octanol–water partition coefficient (Wildman–Crippen LogP) is 2.96. The number of nitrogens with zero attached hydrogens (tertiary/aromatic N) is 2. The van der Waals surface area contributed by atoms with E-state index in [1.165, 1.54) is 0 Å². The molecule has 1 aromatic heterocycles. The number of carbonyl (C=O) groups is 1. The van der Waals surface area contributed by atoms with E-state index < -0.39 is 5.60 Å². The van der Waals surface area contributed by atoms with Crippen LogP contribution in [0.2, 0.25) is 0 Å². The lowest BCUT2D eigenvalue weighted by molar-refractivity contribution is -0.177. The Labute approximate surface area is 175 Å². The minimum Gasteiger partial charge on any atom is -0.446 e. The molecule has 7 heteroatoms. The number of fused-ring (bicyclic) bond motifs is 1. The highest BCUT2D eigenvalue weighted by Gasteiger charge is 2.56. The summed E-state index contributed by atoms with van der Waals surface area (Å²) < 4.78 is 7.83. The number of amides is 1. The highest BCUT2D eigenvalue weighted by molar-refractivity contribution is 5.76. The van der Waals surface area contributed by atoms with Gasteiger partial charge in [0.15, 0.2) is 0 Å². The van der Waals surface area contributed by atoms with Crippen molar-refractivity contribution in [1.29, 1.82) is 0 Å². The summed E-state index contributed by atoms with van der Waals surface area (Å²) in [4.78, 5) is 30.2. The molecule has 0 spiro atoms. The Morgan fingerprint density at radius 3 is 2.73 bits per heavy atom. The summed E-state index contributed by atoms with van der Waals surface area (Å²) in [5, 5.41) is 10.7. The number of H-pyrrole nitrogens is 1. The second kappa shape index (κ2) is 6.36. The summed E-state index contributed by atoms with van der Waals surface area (Å²) in [6, 6.07) is 5.92. The maximum atomic E-state index is 13.0. The van der Waals surface area contributed by atoms with Crippen LogP contribution in [0.4, 0.5) is 4.79 Å². The summed E-state index contributed by atoms with van der Waals surface area (Å²) in [6.45, 7) is 3.10. The van der Waals surface area contributed by atoms with Crippen LogP contribution in [-0.2, 0) is 4.74 Å². The number of ether oxygens (including phenoxy) is 1. The summed E-state index contributed by atoms with van der Waals surface area (Å²) in [5.74, 6) is 1.18. The number of aromatic nitrogens is 2. The van der Waals surface area contributed by atoms with E-state index in [9.17, 15) is 14.7 Å². The van der Waals surface area contributed by atoms with Crippen LogP contribution in [-0.4, -0.2) is 50.4 Å². The van der Waals surface area contributed by atoms with Crippen molar-refractivity contribution in [2.24, 2.45) is 17.8 Å². The predicted molar refractivity (Wildman–Crippen MR) is 111 cm³/mol. The van der Waals surface area contributed by atoms with Gasteiger partial charge in [0.05, 0.1) is 22.7 Å². The van der Waals surface area contributed by atoms with Gasteiger partial charge in [0.1, 0.15) is 6.10 Å². The molecule has 7 nitrogen and oxygen atoms in total. The second-order valence-corrected chi connectivity index (χ2v) is 10.3. The normalized spacial score (nSPS) is 37.3. The molecule has 2 N–H and O–H groups in total. The quantitative estimate of drug-likeness (QED) is 0.795. The zero-order chi connectivity index (χ0) is 20.6. The van der Waals surface area contributed by atoms with Crippen molar-refractivity contribution < 1.29 is 14.6 Å². The maximum absolute atomic E-state index is 13.0. The lowest BCUT2D eigenvalue weighted by Crippen LogP contribution is -2.58. The van der Waals surface area contributed by atoms with Crippen molar-refractivity contribution in [2.75, 3.05) is 13.1 Å². The molecule has 1 saturated heterocycles. The molecule has 1 aromatic carbocycles. The molecule has 2 aromatic rings. The van der Waals surface area contributed by atoms with Gasteiger partial charge in [-0.15, -0.1) is 0 Å². The molecule has 30 heavy (non-hydrogen) atoms. The van der Waals surface area contributed by atoms with Gasteiger partial charge >= 0.3 is 11.8 Å². The Morgan fingerprint density at radius 2 is 2.00 bits per heavy atom. The van der Waals surface area contributed by atoms with Crippen molar-refractivity contribution >= 4 is 17.1 Å². The van der Waals surface area contributed by atoms with Gasteiger partial charge in [0.25, 0.3) is 0 Å². The van der Waals surface area contributed by atoms with Crippen LogP contribution < -0.4 is 5.69 Å². The van der Waals surface area contributed by atoms with Crippen molar-refractivity contribution in [2.45, 2.75) is 63.2 Å². The Kier molecular flexibility index (Phi) is 3.92. The number of aromatic amines is 1. The fourth-order valence-electron chi connectivity index (χ4n) is 7.04. The van der Waals surface area contributed by atoms with E-state index in [0.717, 1.165) is 55.1 Å². The first-order valence-corrected chi connectivity index (χ1v) is 11.3. The van der Waals surface area contributed by atoms with Crippen LogP contribution in [0.1, 0.15) is 50.1 Å². The molecule has 1 aliphatic heterocycles. The number of hydrogen-bond donors (Lipinski definition) is 2. The van der Waals surface area contributed by atoms with Gasteiger partial charge in [-0.3, -0.25) is 4.57 Å². The smallest absolute Gasteiger partial charge is 0.410 e. The van der Waals surface area contributed by atoms with Gasteiger partial charge in [-0.2, -0.15) is 0 Å². The lowest BCUT2D eigenvalue weighted by Gasteiger charge is -2.57. The molecule has 5 fully saturated rings. The van der Waals surface area contributed by atoms with Gasteiger partial charge in [0, 0.05) is 13.1 Å². The third-order valence-corrected chi connectivity index (χ3v) is 8.05. The van der Waals surface area contributed by atoms with Gasteiger partial charge in [-0.25, -0.2) is 9.59 Å². The molecule has 7 rings (SSSR count). The first-order valence-electron chi connectivity index (χ1n) is 11.3. The van der Waals surface area contributed by atoms with E-state index in [2.05, 4.69) is 4.98 Å². The fourth-order valence-corrected chi connectivity index (χ4v) is 7.04. The zero-order valence-electron chi connectivity index (χ0n) is 17.3. The first-order chi connectivity index (χ1) is 14.4. The number of benzene rings is 1. The zero-order valence-corrected chi connectivity index (χ0v) is 17.3. The monoisotopic (exact) mass is 411 g/mol. The lowest BCUT2D eigenvalue weighted by atomic mass is 9.53. The van der Waals surface area contributed by atoms with Crippen molar-refractivity contribution in [3.05, 3.63) is 34.2 Å². The van der Waals surface area contributed by atoms with Gasteiger partial charge in [-0.1, -0.05) is 6.07 Å². The standard InChI is InChI=1S/C23H29N3O4/c1-13-2-3-19-18(6-13)24-21(27)26(19)17-4-5-25(12-17)22(28)30-20-15-7-14-8-16(20)11-23(29,9-14)10-15/h2-3,6,14-17,20,29H,4-5,7-12H2,1H3,(H,24,27)/t14?,15?,16?,17-,20-,23-/m1/s1. The van der Waals surface area contributed by atoms with Crippen molar-refractivity contribution in [1.82, 2.24) is 14.5 Å². The van der Waals surface area contributed by atoms with Crippen LogP contribution >= 0.6 is 0 Å². The van der Waals surface area contributed by atoms with Crippen LogP contribution in [0, 0.1) is 24.7 Å². The SMILES string of the molecule is Cc1ccc2c(c1)[nH]c(=O)n2[C@@H]1CCN(C(=O)O[C@H]2C3CC4CC2C[C@](O)(C4)C3)C1. The summed E-state index contributed by atoms with van der Waals surface area (Å²) >= 11 is 0. The molecular formula is C23H29N3O4. The number of nitrogens with one attached hydrogen (secondary N) is 1. The largest absolute Gasteiger partial charge is 0.446 e. The minimum atomic E-state index is -0.521. The van der Waals surface area contributed by atoms with E-state index in [1.807, 2.05) is 25.1 Å². The number of aryl methyl sites for hydroxylation is 1. The molecule has 3 atom stereocenters. The number of carbonyl (C=O) groups excluding carboxylic acids is 1. The Hall–Kier alpha value is -2.28. The molecule has 0 radical (unpaired) electrons. The second-order valence-electron chi connectivity index (χ2n) is 10.3. The van der Waals surface area contributed by atoms with Crippen LogP contribution in [0.25, 0.3) is 11.0 Å². The molecule has 4 aliphatic carbocycles. The molecular weight excluding hydrogens is 382 g/mol. The molecule has 1 amide bonds. The first kappa shape index (κ1) is 18.5. The van der Waals surface area contributed by atoms with Gasteiger partial charge in [0.2, 0.25) is 0 Å². The molecule has 2 unspecified atom stereocenters. The average Bonchev–Trinajstić information content (AvgIpc) is 3.26.